The van der Waals surface area contributed by atoms with E-state index in [0.717, 1.165) is 11.8 Å². The first-order valence-electron chi connectivity index (χ1n) is 10.4. The molecular weight excluding hydrogens is 453 g/mol. The second kappa shape index (κ2) is 11.3. The normalized spacial score (nSPS) is 11.2. The zero-order chi connectivity index (χ0) is 25.4. The lowest BCUT2D eigenvalue weighted by molar-refractivity contribution is -0.384. The predicted octanol–water partition coefficient (Wildman–Crippen LogP) is 3.72. The van der Waals surface area contributed by atoms with Gasteiger partial charge in [0.1, 0.15) is 11.5 Å². The number of hydrazone groups is 1. The Morgan fingerprint density at radius 1 is 1.00 bits per heavy atom. The molecule has 0 heterocycles. The maximum atomic E-state index is 13.5. The van der Waals surface area contributed by atoms with Gasteiger partial charge in [-0.2, -0.15) is 5.10 Å². The summed E-state index contributed by atoms with van der Waals surface area (Å²) in [6.45, 7) is 0. The van der Waals surface area contributed by atoms with Crippen LogP contribution in [0.5, 0.6) is 0 Å². The fraction of sp³-hybridized carbons (Fsp3) is 0.0800. The first-order valence-corrected chi connectivity index (χ1v) is 10.4. The minimum absolute atomic E-state index is 0.0340. The van der Waals surface area contributed by atoms with Crippen LogP contribution in [0.4, 0.5) is 15.8 Å². The van der Waals surface area contributed by atoms with Crippen molar-refractivity contribution in [2.45, 2.75) is 0 Å². The number of amides is 2. The highest BCUT2D eigenvalue weighted by Gasteiger charge is 2.15. The van der Waals surface area contributed by atoms with E-state index < -0.39 is 22.6 Å². The third-order valence-electron chi connectivity index (χ3n) is 4.76. The number of hydrogen-bond donors (Lipinski definition) is 2. The van der Waals surface area contributed by atoms with Crippen LogP contribution in [0.3, 0.4) is 0 Å². The summed E-state index contributed by atoms with van der Waals surface area (Å²) in [7, 11) is 3.78. The molecule has 3 rings (SSSR count). The van der Waals surface area contributed by atoms with Gasteiger partial charge in [0, 0.05) is 43.0 Å². The third kappa shape index (κ3) is 7.06. The minimum Gasteiger partial charge on any atom is -0.378 e. The van der Waals surface area contributed by atoms with Crippen molar-refractivity contribution < 1.29 is 18.9 Å². The van der Waals surface area contributed by atoms with Gasteiger partial charge in [-0.1, -0.05) is 30.3 Å². The Balaban J connectivity index is 1.83. The van der Waals surface area contributed by atoms with Crippen molar-refractivity contribution in [3.63, 3.8) is 0 Å². The van der Waals surface area contributed by atoms with E-state index in [1.165, 1.54) is 48.7 Å². The predicted molar refractivity (Wildman–Crippen MR) is 131 cm³/mol. The first kappa shape index (κ1) is 24.8. The maximum absolute atomic E-state index is 13.5. The number of nitro benzene ring substituents is 1. The summed E-state index contributed by atoms with van der Waals surface area (Å²) in [5.41, 5.74) is 4.04. The molecule has 0 aliphatic heterocycles. The summed E-state index contributed by atoms with van der Waals surface area (Å²) >= 11 is 0. The van der Waals surface area contributed by atoms with Crippen molar-refractivity contribution in [2.24, 2.45) is 5.10 Å². The van der Waals surface area contributed by atoms with Crippen molar-refractivity contribution in [3.05, 3.63) is 111 Å². The molecule has 0 radical (unpaired) electrons. The molecule has 2 N–H and O–H groups in total. The lowest BCUT2D eigenvalue weighted by atomic mass is 10.1. The second-order valence-corrected chi connectivity index (χ2v) is 7.56. The van der Waals surface area contributed by atoms with E-state index in [9.17, 15) is 24.1 Å². The largest absolute Gasteiger partial charge is 0.378 e. The zero-order valence-electron chi connectivity index (χ0n) is 18.9. The van der Waals surface area contributed by atoms with Crippen LogP contribution in [0.1, 0.15) is 21.5 Å². The van der Waals surface area contributed by atoms with E-state index in [2.05, 4.69) is 15.8 Å². The van der Waals surface area contributed by atoms with Gasteiger partial charge in [-0.05, 0) is 42.0 Å². The highest BCUT2D eigenvalue weighted by atomic mass is 19.1. The third-order valence-corrected chi connectivity index (χ3v) is 4.76. The van der Waals surface area contributed by atoms with E-state index in [1.54, 1.807) is 18.2 Å². The molecule has 0 atom stereocenters. The van der Waals surface area contributed by atoms with Gasteiger partial charge in [-0.3, -0.25) is 19.7 Å². The molecule has 0 aliphatic carbocycles. The molecule has 10 heteroatoms. The van der Waals surface area contributed by atoms with Gasteiger partial charge in [0.15, 0.2) is 0 Å². The number of nitrogens with zero attached hydrogens (tertiary/aromatic N) is 3. The highest BCUT2D eigenvalue weighted by molar-refractivity contribution is 6.05. The number of hydrogen-bond acceptors (Lipinski definition) is 6. The Kier molecular flexibility index (Phi) is 8.02. The quantitative estimate of drug-likeness (QED) is 0.223. The summed E-state index contributed by atoms with van der Waals surface area (Å²) in [5.74, 6) is -2.01. The lowest BCUT2D eigenvalue weighted by Gasteiger charge is -2.12. The van der Waals surface area contributed by atoms with Crippen molar-refractivity contribution in [1.82, 2.24) is 10.7 Å². The minimum atomic E-state index is -0.742. The summed E-state index contributed by atoms with van der Waals surface area (Å²) in [6, 6.07) is 18.0. The number of carbonyl (C=O) groups excluding carboxylic acids is 2. The molecule has 0 saturated carbocycles. The molecular formula is C25H22FN5O4. The van der Waals surface area contributed by atoms with Crippen molar-refractivity contribution in [1.29, 1.82) is 0 Å². The monoisotopic (exact) mass is 475 g/mol. The molecule has 9 nitrogen and oxygen atoms in total. The average Bonchev–Trinajstić information content (AvgIpc) is 2.84. The number of non-ortho nitro benzene ring substituents is 1. The van der Waals surface area contributed by atoms with Crippen molar-refractivity contribution >= 4 is 35.5 Å². The fourth-order valence-corrected chi connectivity index (χ4v) is 2.96. The number of benzene rings is 3. The Hall–Kier alpha value is -4.86. The zero-order valence-corrected chi connectivity index (χ0v) is 18.9. The molecule has 178 valence electrons. The van der Waals surface area contributed by atoms with Gasteiger partial charge in [-0.15, -0.1) is 0 Å². The summed E-state index contributed by atoms with van der Waals surface area (Å²) < 4.78 is 13.5. The van der Waals surface area contributed by atoms with E-state index in [4.69, 9.17) is 0 Å². The number of rotatable bonds is 8. The number of anilines is 1. The molecule has 0 unspecified atom stereocenters. The Labute approximate surface area is 200 Å². The average molecular weight is 475 g/mol. The van der Waals surface area contributed by atoms with Gasteiger partial charge in [0.25, 0.3) is 17.5 Å². The molecule has 0 fully saturated rings. The Morgan fingerprint density at radius 3 is 2.37 bits per heavy atom. The number of nitro groups is 1. The molecule has 2 amide bonds. The molecule has 0 bridgehead atoms. The summed E-state index contributed by atoms with van der Waals surface area (Å²) in [5, 5.41) is 17.2. The van der Waals surface area contributed by atoms with Gasteiger partial charge < -0.3 is 10.2 Å². The lowest BCUT2D eigenvalue weighted by Crippen LogP contribution is -2.32. The SMILES string of the molecule is CN(C)c1ccc(C=C(NC(=O)c2cccc(F)c2)C(=O)NN=Cc2cccc([N+](=O)[O-])c2)cc1. The molecule has 0 saturated heterocycles. The van der Waals surface area contributed by atoms with Crippen LogP contribution in [0.2, 0.25) is 0 Å². The maximum Gasteiger partial charge on any atom is 0.287 e. The Bertz CT molecular complexity index is 1300. The van der Waals surface area contributed by atoms with Crippen molar-refractivity contribution in [2.75, 3.05) is 19.0 Å². The van der Waals surface area contributed by atoms with Crippen LogP contribution in [0, 0.1) is 15.9 Å². The van der Waals surface area contributed by atoms with Crippen molar-refractivity contribution in [3.8, 4) is 0 Å². The van der Waals surface area contributed by atoms with E-state index in [1.807, 2.05) is 31.1 Å². The second-order valence-electron chi connectivity index (χ2n) is 7.56. The molecule has 3 aromatic carbocycles. The molecule has 0 spiro atoms. The molecule has 0 aliphatic rings. The summed E-state index contributed by atoms with van der Waals surface area (Å²) in [4.78, 5) is 37.7. The smallest absolute Gasteiger partial charge is 0.287 e. The topological polar surface area (TPSA) is 117 Å². The molecule has 0 aromatic heterocycles. The summed E-state index contributed by atoms with van der Waals surface area (Å²) in [6.07, 6.45) is 2.69. The Morgan fingerprint density at radius 2 is 1.71 bits per heavy atom. The molecule has 35 heavy (non-hydrogen) atoms. The van der Waals surface area contributed by atoms with Crippen LogP contribution >= 0.6 is 0 Å². The van der Waals surface area contributed by atoms with Gasteiger partial charge in [-0.25, -0.2) is 9.82 Å². The number of nitrogens with one attached hydrogen (secondary N) is 2. The van der Waals surface area contributed by atoms with Crippen LogP contribution < -0.4 is 15.6 Å². The first-order chi connectivity index (χ1) is 16.7. The standard InChI is InChI=1S/C25H22FN5O4/c1-30(2)21-11-9-17(10-12-21)14-23(28-24(32)19-6-4-7-20(26)15-19)25(33)29-27-16-18-5-3-8-22(13-18)31(34)35/h3-16H,1-2H3,(H,28,32)(H,29,33). The van der Waals surface area contributed by atoms with E-state index in [-0.39, 0.29) is 16.9 Å². The van der Waals surface area contributed by atoms with Gasteiger partial charge >= 0.3 is 0 Å². The number of halogens is 1. The van der Waals surface area contributed by atoms with E-state index >= 15 is 0 Å². The van der Waals surface area contributed by atoms with Gasteiger partial charge in [0.05, 0.1) is 11.1 Å². The van der Waals surface area contributed by atoms with E-state index in [0.29, 0.717) is 11.1 Å². The van der Waals surface area contributed by atoms with Crippen LogP contribution in [0.25, 0.3) is 6.08 Å². The van der Waals surface area contributed by atoms with Crippen LogP contribution in [-0.2, 0) is 4.79 Å². The number of carbonyl (C=O) groups is 2. The van der Waals surface area contributed by atoms with Crippen LogP contribution in [0.15, 0.2) is 83.6 Å². The molecule has 3 aromatic rings. The van der Waals surface area contributed by atoms with Crippen LogP contribution in [-0.4, -0.2) is 37.0 Å². The van der Waals surface area contributed by atoms with Gasteiger partial charge in [0.2, 0.25) is 0 Å². The highest BCUT2D eigenvalue weighted by Crippen LogP contribution is 2.15. The fourth-order valence-electron chi connectivity index (χ4n) is 2.96.